The van der Waals surface area contributed by atoms with Gasteiger partial charge in [0.1, 0.15) is 0 Å². The van der Waals surface area contributed by atoms with Gasteiger partial charge in [0.2, 0.25) is 0 Å². The highest BCUT2D eigenvalue weighted by Crippen LogP contribution is 2.35. The van der Waals surface area contributed by atoms with E-state index < -0.39 is 0 Å². The van der Waals surface area contributed by atoms with E-state index in [1.165, 1.54) is 25.7 Å². The Hall–Kier alpha value is -0.0800. The zero-order chi connectivity index (χ0) is 10.8. The molecule has 14 heavy (non-hydrogen) atoms. The van der Waals surface area contributed by atoms with Gasteiger partial charge in [-0.15, -0.1) is 0 Å². The molecule has 0 aliphatic heterocycles. The first-order chi connectivity index (χ1) is 6.29. The summed E-state index contributed by atoms with van der Waals surface area (Å²) in [5.74, 6) is 0. The summed E-state index contributed by atoms with van der Waals surface area (Å²) in [5, 5.41) is 0. The van der Waals surface area contributed by atoms with Gasteiger partial charge in [-0.05, 0) is 51.9 Å². The van der Waals surface area contributed by atoms with Crippen molar-refractivity contribution in [2.75, 3.05) is 0 Å². The van der Waals surface area contributed by atoms with Crippen LogP contribution in [0.25, 0.3) is 0 Å². The molecule has 0 aromatic rings. The summed E-state index contributed by atoms with van der Waals surface area (Å²) in [6.45, 7) is 10.9. The quantitative estimate of drug-likeness (QED) is 0.689. The second kappa shape index (κ2) is 4.19. The number of nitrogens with one attached hydrogen (secondary N) is 1. The van der Waals surface area contributed by atoms with Crippen LogP contribution in [0.5, 0.6) is 0 Å². The highest BCUT2D eigenvalue weighted by atomic mass is 16.7. The maximum atomic E-state index is 5.59. The van der Waals surface area contributed by atoms with Gasteiger partial charge in [-0.1, -0.05) is 13.8 Å². The average Bonchev–Trinajstić information content (AvgIpc) is 2.01. The van der Waals surface area contributed by atoms with E-state index in [0.29, 0.717) is 11.5 Å². The van der Waals surface area contributed by atoms with Crippen molar-refractivity contribution in [3.8, 4) is 0 Å². The Bertz CT molecular complexity index is 171. The molecule has 0 amide bonds. The van der Waals surface area contributed by atoms with Crippen LogP contribution < -0.4 is 5.48 Å². The first-order valence-corrected chi connectivity index (χ1v) is 5.72. The lowest BCUT2D eigenvalue weighted by Gasteiger charge is -2.35. The van der Waals surface area contributed by atoms with Crippen molar-refractivity contribution < 1.29 is 4.84 Å². The molecule has 84 valence electrons. The molecule has 0 radical (unpaired) electrons. The third kappa shape index (κ3) is 4.43. The Balaban J connectivity index is 2.23. The van der Waals surface area contributed by atoms with Gasteiger partial charge in [-0.3, -0.25) is 4.84 Å². The SMILES string of the molecule is CC1(C)CCC(NOC(C)(C)C)CC1. The molecule has 0 atom stereocenters. The third-order valence-corrected chi connectivity index (χ3v) is 2.87. The monoisotopic (exact) mass is 199 g/mol. The van der Waals surface area contributed by atoms with Crippen LogP contribution in [-0.2, 0) is 4.84 Å². The van der Waals surface area contributed by atoms with E-state index in [9.17, 15) is 0 Å². The second-order valence-electron chi connectivity index (χ2n) is 6.27. The van der Waals surface area contributed by atoms with Crippen LogP contribution >= 0.6 is 0 Å². The molecule has 0 saturated heterocycles. The predicted molar refractivity (Wildman–Crippen MR) is 60.0 cm³/mol. The molecule has 1 aliphatic rings. The Morgan fingerprint density at radius 3 is 2.07 bits per heavy atom. The van der Waals surface area contributed by atoms with Crippen molar-refractivity contribution >= 4 is 0 Å². The lowest BCUT2D eigenvalue weighted by molar-refractivity contribution is -0.0960. The molecule has 1 fully saturated rings. The molecule has 2 heteroatoms. The Morgan fingerprint density at radius 2 is 1.64 bits per heavy atom. The van der Waals surface area contributed by atoms with E-state index in [-0.39, 0.29) is 5.60 Å². The van der Waals surface area contributed by atoms with Gasteiger partial charge in [0.15, 0.2) is 0 Å². The maximum absolute atomic E-state index is 5.59. The Kier molecular flexibility index (Phi) is 3.59. The van der Waals surface area contributed by atoms with Crippen molar-refractivity contribution in [2.24, 2.45) is 5.41 Å². The minimum atomic E-state index is -0.0764. The first kappa shape index (κ1) is 12.0. The van der Waals surface area contributed by atoms with Crippen LogP contribution in [0.1, 0.15) is 60.3 Å². The van der Waals surface area contributed by atoms with E-state index in [0.717, 1.165) is 0 Å². The smallest absolute Gasteiger partial charge is 0.0813 e. The molecule has 0 bridgehead atoms. The summed E-state index contributed by atoms with van der Waals surface area (Å²) in [5.41, 5.74) is 3.66. The average molecular weight is 199 g/mol. The fourth-order valence-corrected chi connectivity index (χ4v) is 1.78. The van der Waals surface area contributed by atoms with Crippen LogP contribution in [0.4, 0.5) is 0 Å². The molecular formula is C12H25NO. The number of hydrogen-bond donors (Lipinski definition) is 1. The van der Waals surface area contributed by atoms with E-state index >= 15 is 0 Å². The highest BCUT2D eigenvalue weighted by Gasteiger charge is 2.27. The summed E-state index contributed by atoms with van der Waals surface area (Å²) >= 11 is 0. The van der Waals surface area contributed by atoms with Crippen LogP contribution in [0, 0.1) is 5.41 Å². The van der Waals surface area contributed by atoms with Crippen LogP contribution in [0.3, 0.4) is 0 Å². The van der Waals surface area contributed by atoms with Crippen molar-refractivity contribution in [1.29, 1.82) is 0 Å². The fourth-order valence-electron chi connectivity index (χ4n) is 1.78. The summed E-state index contributed by atoms with van der Waals surface area (Å²) in [4.78, 5) is 5.59. The predicted octanol–water partition coefficient (Wildman–Crippen LogP) is 3.27. The number of hydroxylamine groups is 1. The van der Waals surface area contributed by atoms with E-state index in [1.807, 2.05) is 0 Å². The summed E-state index contributed by atoms with van der Waals surface area (Å²) in [7, 11) is 0. The molecule has 1 N–H and O–H groups in total. The molecule has 0 aromatic heterocycles. The summed E-state index contributed by atoms with van der Waals surface area (Å²) in [6.07, 6.45) is 5.09. The van der Waals surface area contributed by atoms with Gasteiger partial charge in [0, 0.05) is 6.04 Å². The van der Waals surface area contributed by atoms with Crippen molar-refractivity contribution in [3.63, 3.8) is 0 Å². The molecule has 1 aliphatic carbocycles. The van der Waals surface area contributed by atoms with E-state index in [2.05, 4.69) is 40.1 Å². The lowest BCUT2D eigenvalue weighted by atomic mass is 9.76. The summed E-state index contributed by atoms with van der Waals surface area (Å²) in [6, 6.07) is 0.558. The van der Waals surface area contributed by atoms with Crippen molar-refractivity contribution in [2.45, 2.75) is 71.9 Å². The van der Waals surface area contributed by atoms with Crippen molar-refractivity contribution in [1.82, 2.24) is 5.48 Å². The minimum Gasteiger partial charge on any atom is -0.296 e. The van der Waals surface area contributed by atoms with Gasteiger partial charge >= 0.3 is 0 Å². The van der Waals surface area contributed by atoms with Gasteiger partial charge in [-0.2, -0.15) is 5.48 Å². The third-order valence-electron chi connectivity index (χ3n) is 2.87. The van der Waals surface area contributed by atoms with Gasteiger partial charge in [0.05, 0.1) is 5.60 Å². The van der Waals surface area contributed by atoms with E-state index in [4.69, 9.17) is 4.84 Å². The zero-order valence-electron chi connectivity index (χ0n) is 10.3. The van der Waals surface area contributed by atoms with Crippen molar-refractivity contribution in [3.05, 3.63) is 0 Å². The number of hydrogen-bond acceptors (Lipinski definition) is 2. The molecule has 0 spiro atoms. The largest absolute Gasteiger partial charge is 0.296 e. The molecule has 1 saturated carbocycles. The molecule has 0 unspecified atom stereocenters. The summed E-state index contributed by atoms with van der Waals surface area (Å²) < 4.78 is 0. The standard InChI is InChI=1S/C12H25NO/c1-11(2,3)14-13-10-6-8-12(4,5)9-7-10/h10,13H,6-9H2,1-5H3. The molecule has 1 rings (SSSR count). The number of rotatable bonds is 2. The second-order valence-corrected chi connectivity index (χ2v) is 6.27. The first-order valence-electron chi connectivity index (χ1n) is 5.72. The Labute approximate surface area is 88.4 Å². The Morgan fingerprint density at radius 1 is 1.14 bits per heavy atom. The minimum absolute atomic E-state index is 0.0764. The molecule has 0 aromatic carbocycles. The van der Waals surface area contributed by atoms with Crippen LogP contribution in [-0.4, -0.2) is 11.6 Å². The lowest BCUT2D eigenvalue weighted by Crippen LogP contribution is -2.40. The van der Waals surface area contributed by atoms with Crippen LogP contribution in [0.15, 0.2) is 0 Å². The normalized spacial score (nSPS) is 23.8. The van der Waals surface area contributed by atoms with Gasteiger partial charge < -0.3 is 0 Å². The molecular weight excluding hydrogens is 174 g/mol. The molecule has 0 heterocycles. The molecule has 2 nitrogen and oxygen atoms in total. The van der Waals surface area contributed by atoms with Gasteiger partial charge in [0.25, 0.3) is 0 Å². The van der Waals surface area contributed by atoms with Gasteiger partial charge in [-0.25, -0.2) is 0 Å². The zero-order valence-corrected chi connectivity index (χ0v) is 10.3. The highest BCUT2D eigenvalue weighted by molar-refractivity contribution is 4.80. The maximum Gasteiger partial charge on any atom is 0.0813 e. The fraction of sp³-hybridized carbons (Fsp3) is 1.00. The topological polar surface area (TPSA) is 21.3 Å². The van der Waals surface area contributed by atoms with E-state index in [1.54, 1.807) is 0 Å². The van der Waals surface area contributed by atoms with Crippen LogP contribution in [0.2, 0.25) is 0 Å².